The second-order valence-electron chi connectivity index (χ2n) is 5.12. The number of aryl methyl sites for hydroxylation is 1. The second kappa shape index (κ2) is 7.13. The van der Waals surface area contributed by atoms with Crippen LogP contribution in [-0.2, 0) is 7.05 Å². The molecular formula is C16H17N5O5. The van der Waals surface area contributed by atoms with Crippen LogP contribution < -0.4 is 19.5 Å². The van der Waals surface area contributed by atoms with E-state index in [-0.39, 0.29) is 11.9 Å². The highest BCUT2D eigenvalue weighted by molar-refractivity contribution is 6.01. The van der Waals surface area contributed by atoms with Crippen LogP contribution >= 0.6 is 0 Å². The zero-order valence-corrected chi connectivity index (χ0v) is 14.6. The minimum Gasteiger partial charge on any atom is -0.493 e. The number of rotatable bonds is 6. The van der Waals surface area contributed by atoms with E-state index in [2.05, 4.69) is 20.6 Å². The molecule has 0 fully saturated rings. The van der Waals surface area contributed by atoms with Crippen molar-refractivity contribution in [2.24, 2.45) is 7.05 Å². The average Bonchev–Trinajstić information content (AvgIpc) is 3.29. The summed E-state index contributed by atoms with van der Waals surface area (Å²) < 4.78 is 22.8. The van der Waals surface area contributed by atoms with Gasteiger partial charge in [0.15, 0.2) is 11.5 Å². The molecule has 26 heavy (non-hydrogen) atoms. The van der Waals surface area contributed by atoms with Gasteiger partial charge >= 0.3 is 6.01 Å². The molecule has 0 unspecified atom stereocenters. The van der Waals surface area contributed by atoms with Crippen molar-refractivity contribution in [3.05, 3.63) is 30.1 Å². The van der Waals surface area contributed by atoms with Crippen LogP contribution in [0.5, 0.6) is 17.2 Å². The first-order valence-corrected chi connectivity index (χ1v) is 7.50. The lowest BCUT2D eigenvalue weighted by Crippen LogP contribution is -2.16. The summed E-state index contributed by atoms with van der Waals surface area (Å²) >= 11 is 0. The molecule has 10 nitrogen and oxygen atoms in total. The van der Waals surface area contributed by atoms with Gasteiger partial charge in [0, 0.05) is 18.8 Å². The summed E-state index contributed by atoms with van der Waals surface area (Å²) in [7, 11) is 6.19. The van der Waals surface area contributed by atoms with Gasteiger partial charge in [-0.15, -0.1) is 5.10 Å². The molecule has 1 aromatic carbocycles. The van der Waals surface area contributed by atoms with Crippen molar-refractivity contribution >= 4 is 11.9 Å². The second-order valence-corrected chi connectivity index (χ2v) is 5.12. The van der Waals surface area contributed by atoms with E-state index in [9.17, 15) is 4.79 Å². The van der Waals surface area contributed by atoms with E-state index in [4.69, 9.17) is 18.6 Å². The van der Waals surface area contributed by atoms with Crippen LogP contribution in [0.1, 0.15) is 10.5 Å². The molecule has 0 saturated heterocycles. The standard InChI is InChI=1S/C16H17N5O5/c1-21-10(5-6-17-21)14(22)18-16-20-19-15(26-16)9-7-11(23-2)13(25-4)12(8-9)24-3/h5-8H,1-4H3,(H,18,20,22). The quantitative estimate of drug-likeness (QED) is 0.708. The van der Waals surface area contributed by atoms with Crippen LogP contribution in [0.3, 0.4) is 0 Å². The maximum atomic E-state index is 12.2. The van der Waals surface area contributed by atoms with Crippen molar-refractivity contribution in [1.29, 1.82) is 0 Å². The fourth-order valence-corrected chi connectivity index (χ4v) is 2.35. The SMILES string of the molecule is COc1cc(-c2nnc(NC(=O)c3ccnn3C)o2)cc(OC)c1OC. The lowest BCUT2D eigenvalue weighted by molar-refractivity contribution is 0.101. The average molecular weight is 359 g/mol. The maximum absolute atomic E-state index is 12.2. The molecule has 0 saturated carbocycles. The van der Waals surface area contributed by atoms with Crippen molar-refractivity contribution in [2.75, 3.05) is 26.6 Å². The number of methoxy groups -OCH3 is 3. The number of nitrogens with one attached hydrogen (secondary N) is 1. The maximum Gasteiger partial charge on any atom is 0.322 e. The molecule has 0 bridgehead atoms. The predicted molar refractivity (Wildman–Crippen MR) is 90.6 cm³/mol. The van der Waals surface area contributed by atoms with E-state index in [1.807, 2.05) is 0 Å². The van der Waals surface area contributed by atoms with Crippen molar-refractivity contribution in [1.82, 2.24) is 20.0 Å². The van der Waals surface area contributed by atoms with Gasteiger partial charge in [0.2, 0.25) is 11.6 Å². The molecule has 136 valence electrons. The Labute approximate surface area is 148 Å². The smallest absolute Gasteiger partial charge is 0.322 e. The van der Waals surface area contributed by atoms with Crippen molar-refractivity contribution in [3.63, 3.8) is 0 Å². The molecule has 0 spiro atoms. The third kappa shape index (κ3) is 3.16. The number of carbonyl (C=O) groups excluding carboxylic acids is 1. The summed E-state index contributed by atoms with van der Waals surface area (Å²) in [6.07, 6.45) is 1.52. The first kappa shape index (κ1) is 17.3. The molecule has 2 aromatic heterocycles. The minimum atomic E-state index is -0.412. The van der Waals surface area contributed by atoms with E-state index < -0.39 is 5.91 Å². The number of benzene rings is 1. The molecule has 3 rings (SSSR count). The molecule has 0 atom stereocenters. The molecule has 0 aliphatic heterocycles. The van der Waals surface area contributed by atoms with Crippen molar-refractivity contribution in [3.8, 4) is 28.7 Å². The highest BCUT2D eigenvalue weighted by Gasteiger charge is 2.19. The summed E-state index contributed by atoms with van der Waals surface area (Å²) in [6, 6.07) is 4.87. The van der Waals surface area contributed by atoms with Gasteiger partial charge in [-0.3, -0.25) is 14.8 Å². The minimum absolute atomic E-state index is 0.0417. The Morgan fingerprint density at radius 1 is 1.12 bits per heavy atom. The number of carbonyl (C=O) groups is 1. The Balaban J connectivity index is 1.88. The molecule has 0 radical (unpaired) electrons. The highest BCUT2D eigenvalue weighted by atomic mass is 16.5. The summed E-state index contributed by atoms with van der Waals surface area (Å²) in [4.78, 5) is 12.2. The number of nitrogens with zero attached hydrogens (tertiary/aromatic N) is 4. The van der Waals surface area contributed by atoms with Crippen LogP contribution in [0.25, 0.3) is 11.5 Å². The van der Waals surface area contributed by atoms with Gasteiger partial charge in [-0.1, -0.05) is 5.10 Å². The van der Waals surface area contributed by atoms with Gasteiger partial charge in [-0.25, -0.2) is 0 Å². The van der Waals surface area contributed by atoms with E-state index >= 15 is 0 Å². The zero-order chi connectivity index (χ0) is 18.7. The molecule has 3 aromatic rings. The van der Waals surface area contributed by atoms with Gasteiger partial charge in [-0.05, 0) is 18.2 Å². The van der Waals surface area contributed by atoms with Crippen LogP contribution in [0.15, 0.2) is 28.8 Å². The molecule has 2 heterocycles. The Kier molecular flexibility index (Phi) is 4.74. The number of aromatic nitrogens is 4. The molecule has 10 heteroatoms. The lowest BCUT2D eigenvalue weighted by Gasteiger charge is -2.12. The van der Waals surface area contributed by atoms with Crippen molar-refractivity contribution < 1.29 is 23.4 Å². The monoisotopic (exact) mass is 359 g/mol. The first-order valence-electron chi connectivity index (χ1n) is 7.50. The number of amides is 1. The number of hydrogen-bond acceptors (Lipinski definition) is 8. The van der Waals surface area contributed by atoms with E-state index in [0.29, 0.717) is 28.5 Å². The Morgan fingerprint density at radius 2 is 1.81 bits per heavy atom. The van der Waals surface area contributed by atoms with Crippen LogP contribution in [0.2, 0.25) is 0 Å². The number of hydrogen-bond donors (Lipinski definition) is 1. The van der Waals surface area contributed by atoms with Gasteiger partial charge in [0.25, 0.3) is 5.91 Å². The van der Waals surface area contributed by atoms with E-state index in [0.717, 1.165) is 0 Å². The fourth-order valence-electron chi connectivity index (χ4n) is 2.35. The Hall–Kier alpha value is -3.56. The summed E-state index contributed by atoms with van der Waals surface area (Å²) in [6.45, 7) is 0. The van der Waals surface area contributed by atoms with Gasteiger partial charge < -0.3 is 18.6 Å². The van der Waals surface area contributed by atoms with Crippen LogP contribution in [-0.4, -0.2) is 47.2 Å². The Morgan fingerprint density at radius 3 is 2.35 bits per heavy atom. The van der Waals surface area contributed by atoms with Crippen molar-refractivity contribution in [2.45, 2.75) is 0 Å². The van der Waals surface area contributed by atoms with Gasteiger partial charge in [0.1, 0.15) is 5.69 Å². The summed E-state index contributed by atoms with van der Waals surface area (Å²) in [5.41, 5.74) is 0.908. The lowest BCUT2D eigenvalue weighted by atomic mass is 10.2. The third-order valence-electron chi connectivity index (χ3n) is 3.61. The van der Waals surface area contributed by atoms with Crippen LogP contribution in [0.4, 0.5) is 6.01 Å². The normalized spacial score (nSPS) is 10.5. The molecular weight excluding hydrogens is 342 g/mol. The molecule has 1 amide bonds. The van der Waals surface area contributed by atoms with Crippen LogP contribution in [0, 0.1) is 0 Å². The predicted octanol–water partition coefficient (Wildman–Crippen LogP) is 1.75. The molecule has 0 aliphatic rings. The molecule has 1 N–H and O–H groups in total. The fraction of sp³-hybridized carbons (Fsp3) is 0.250. The zero-order valence-electron chi connectivity index (χ0n) is 14.6. The van der Waals surface area contributed by atoms with Gasteiger partial charge in [-0.2, -0.15) is 5.10 Å². The van der Waals surface area contributed by atoms with E-state index in [1.54, 1.807) is 25.2 Å². The largest absolute Gasteiger partial charge is 0.493 e. The highest BCUT2D eigenvalue weighted by Crippen LogP contribution is 2.41. The van der Waals surface area contributed by atoms with Gasteiger partial charge in [0.05, 0.1) is 21.3 Å². The third-order valence-corrected chi connectivity index (χ3v) is 3.61. The Bertz CT molecular complexity index is 908. The summed E-state index contributed by atoms with van der Waals surface area (Å²) in [5, 5.41) is 14.2. The number of anilines is 1. The first-order chi connectivity index (χ1) is 12.6. The van der Waals surface area contributed by atoms with E-state index in [1.165, 1.54) is 32.2 Å². The number of ether oxygens (including phenoxy) is 3. The topological polar surface area (TPSA) is 114 Å². The molecule has 0 aliphatic carbocycles. The summed E-state index contributed by atoms with van der Waals surface area (Å²) in [5.74, 6) is 1.11.